The maximum atomic E-state index is 15.5. The predicted molar refractivity (Wildman–Crippen MR) is 146 cm³/mol. The third-order valence-electron chi connectivity index (χ3n) is 8.51. The number of carbonyl (C=O) groups excluding carboxylic acids is 1. The number of aromatic nitrogens is 5. The first-order valence-corrected chi connectivity index (χ1v) is 13.1. The molecule has 9 nitrogen and oxygen atoms in total. The highest BCUT2D eigenvalue weighted by Crippen LogP contribution is 2.57. The molecule has 3 aromatic heterocycles. The van der Waals surface area contributed by atoms with Gasteiger partial charge in [0, 0.05) is 41.1 Å². The number of amides is 1. The second-order valence-corrected chi connectivity index (χ2v) is 10.7. The Morgan fingerprint density at radius 2 is 1.90 bits per heavy atom. The van der Waals surface area contributed by atoms with Gasteiger partial charge in [0.25, 0.3) is 0 Å². The Bertz CT molecular complexity index is 1610. The number of nitrogen functional groups attached to an aromatic ring is 1. The van der Waals surface area contributed by atoms with Gasteiger partial charge in [-0.2, -0.15) is 0 Å². The normalized spacial score (nSPS) is 22.1. The summed E-state index contributed by atoms with van der Waals surface area (Å²) in [7, 11) is 1.99. The third kappa shape index (κ3) is 4.10. The van der Waals surface area contributed by atoms with Gasteiger partial charge in [-0.15, -0.1) is 0 Å². The summed E-state index contributed by atoms with van der Waals surface area (Å²) in [5, 5.41) is 3.90. The highest BCUT2D eigenvalue weighted by Gasteiger charge is 2.52. The zero-order valence-electron chi connectivity index (χ0n) is 22.0. The number of hydrogen-bond donors (Lipinski definition) is 2. The number of benzene rings is 1. The molecule has 3 aliphatic carbocycles. The summed E-state index contributed by atoms with van der Waals surface area (Å²) in [4.78, 5) is 29.2. The monoisotopic (exact) mass is 527 g/mol. The van der Waals surface area contributed by atoms with E-state index in [0.717, 1.165) is 55.5 Å². The van der Waals surface area contributed by atoms with Crippen molar-refractivity contribution in [2.45, 2.75) is 56.4 Å². The number of aryl methyl sites for hydroxylation is 2. The fourth-order valence-electron chi connectivity index (χ4n) is 6.53. The highest BCUT2D eigenvalue weighted by atomic mass is 19.1. The predicted octanol–water partition coefficient (Wildman–Crippen LogP) is 4.89. The molecule has 0 saturated heterocycles. The molecule has 3 aliphatic rings. The average molecular weight is 528 g/mol. The van der Waals surface area contributed by atoms with E-state index in [-0.39, 0.29) is 28.6 Å². The number of carbonyl (C=O) groups is 1. The minimum absolute atomic E-state index is 0.0339. The van der Waals surface area contributed by atoms with Crippen molar-refractivity contribution in [2.75, 3.05) is 5.73 Å². The van der Waals surface area contributed by atoms with Crippen LogP contribution in [0.4, 0.5) is 10.2 Å². The molecule has 3 heterocycles. The zero-order chi connectivity index (χ0) is 27.4. The molecule has 10 heteroatoms. The molecular weight excluding hydrogens is 497 g/mol. The van der Waals surface area contributed by atoms with Gasteiger partial charge in [0.05, 0.1) is 5.39 Å². The number of ether oxygens (including phenoxy) is 1. The number of fused-ring (bicyclic) bond motifs is 4. The molecule has 3 fully saturated rings. The number of rotatable bonds is 6. The quantitative estimate of drug-likeness (QED) is 0.342. The van der Waals surface area contributed by atoms with Gasteiger partial charge in [-0.1, -0.05) is 12.6 Å². The lowest BCUT2D eigenvalue weighted by Crippen LogP contribution is -2.57. The van der Waals surface area contributed by atoms with E-state index >= 15 is 4.39 Å². The van der Waals surface area contributed by atoms with E-state index in [1.165, 1.54) is 18.5 Å². The Labute approximate surface area is 225 Å². The van der Waals surface area contributed by atoms with Crippen molar-refractivity contribution >= 4 is 22.8 Å². The lowest BCUT2D eigenvalue weighted by atomic mass is 9.55. The Morgan fingerprint density at radius 3 is 2.56 bits per heavy atom. The molecule has 0 radical (unpaired) electrons. The number of halogens is 1. The fraction of sp³-hybridized carbons (Fsp3) is 0.345. The number of anilines is 1. The van der Waals surface area contributed by atoms with Crippen molar-refractivity contribution in [1.82, 2.24) is 29.8 Å². The van der Waals surface area contributed by atoms with Gasteiger partial charge in [-0.3, -0.25) is 4.79 Å². The van der Waals surface area contributed by atoms with Gasteiger partial charge in [0.15, 0.2) is 11.6 Å². The topological polar surface area (TPSA) is 121 Å². The minimum Gasteiger partial charge on any atom is -0.421 e. The number of nitrogens with zero attached hydrogens (tertiary/aromatic N) is 5. The molecule has 3 saturated carbocycles. The molecule has 1 aromatic carbocycles. The number of nitrogens with two attached hydrogens (primary N) is 1. The molecule has 2 bridgehead atoms. The summed E-state index contributed by atoms with van der Waals surface area (Å²) in [5.41, 5.74) is 10.1. The molecule has 3 N–H and O–H groups in total. The van der Waals surface area contributed by atoms with E-state index in [1.807, 2.05) is 20.0 Å². The van der Waals surface area contributed by atoms with Crippen LogP contribution in [0.15, 0.2) is 49.4 Å². The first-order valence-electron chi connectivity index (χ1n) is 13.1. The van der Waals surface area contributed by atoms with Crippen LogP contribution in [-0.2, 0) is 17.3 Å². The molecule has 0 aliphatic heterocycles. The summed E-state index contributed by atoms with van der Waals surface area (Å²) in [6.45, 7) is 5.42. The SMILES string of the molecule is C=CC(=O)NC12CCC(c3c(-c4ccc(Oc5nccc(C)n5)c(F)c4)c4c(N)ncnc4n3C)(CC1)CC2. The van der Waals surface area contributed by atoms with Crippen molar-refractivity contribution in [2.24, 2.45) is 7.05 Å². The first-order chi connectivity index (χ1) is 18.7. The van der Waals surface area contributed by atoms with Crippen molar-refractivity contribution in [3.05, 3.63) is 66.6 Å². The van der Waals surface area contributed by atoms with E-state index in [1.54, 1.807) is 18.3 Å². The second-order valence-electron chi connectivity index (χ2n) is 10.7. The maximum Gasteiger partial charge on any atom is 0.322 e. The highest BCUT2D eigenvalue weighted by molar-refractivity contribution is 6.03. The summed E-state index contributed by atoms with van der Waals surface area (Å²) in [6.07, 6.45) is 9.56. The maximum absolute atomic E-state index is 15.5. The van der Waals surface area contributed by atoms with Crippen molar-refractivity contribution < 1.29 is 13.9 Å². The third-order valence-corrected chi connectivity index (χ3v) is 8.51. The van der Waals surface area contributed by atoms with Crippen LogP contribution in [0.3, 0.4) is 0 Å². The van der Waals surface area contributed by atoms with Crippen LogP contribution >= 0.6 is 0 Å². The summed E-state index contributed by atoms with van der Waals surface area (Å²) < 4.78 is 23.2. The zero-order valence-corrected chi connectivity index (χ0v) is 22.0. The van der Waals surface area contributed by atoms with E-state index in [0.29, 0.717) is 22.4 Å². The van der Waals surface area contributed by atoms with Crippen LogP contribution in [0.1, 0.15) is 49.9 Å². The molecular formula is C29H30FN7O2. The Kier molecular flexibility index (Phi) is 5.85. The minimum atomic E-state index is -0.535. The second kappa shape index (κ2) is 9.14. The van der Waals surface area contributed by atoms with E-state index in [9.17, 15) is 4.79 Å². The van der Waals surface area contributed by atoms with Crippen molar-refractivity contribution in [3.63, 3.8) is 0 Å². The lowest BCUT2D eigenvalue weighted by Gasteiger charge is -2.54. The molecule has 4 aromatic rings. The smallest absolute Gasteiger partial charge is 0.322 e. The van der Waals surface area contributed by atoms with E-state index in [4.69, 9.17) is 10.5 Å². The Hall–Kier alpha value is -4.34. The van der Waals surface area contributed by atoms with Crippen molar-refractivity contribution in [1.29, 1.82) is 0 Å². The van der Waals surface area contributed by atoms with Gasteiger partial charge < -0.3 is 20.4 Å². The molecule has 200 valence electrons. The molecule has 0 spiro atoms. The molecule has 39 heavy (non-hydrogen) atoms. The summed E-state index contributed by atoms with van der Waals surface area (Å²) in [5.74, 6) is -0.286. The number of nitrogens with one attached hydrogen (secondary N) is 1. The summed E-state index contributed by atoms with van der Waals surface area (Å²) >= 11 is 0. The largest absolute Gasteiger partial charge is 0.421 e. The summed E-state index contributed by atoms with van der Waals surface area (Å²) in [6, 6.07) is 6.71. The Morgan fingerprint density at radius 1 is 1.15 bits per heavy atom. The number of hydrogen-bond acceptors (Lipinski definition) is 7. The Balaban J connectivity index is 1.44. The standard InChI is InChI=1S/C29H30FN7O2/c1-4-21(38)36-29-11-8-28(9-12-29,10-13-29)24-22(23-25(31)33-16-34-26(23)37(24)3)18-5-6-20(19(30)15-18)39-27-32-14-7-17(2)35-27/h4-7,14-16H,1,8-13H2,2-3H3,(H,36,38)(H2,31,33,34). The van der Waals surface area contributed by atoms with Crippen LogP contribution in [0.2, 0.25) is 0 Å². The van der Waals surface area contributed by atoms with Gasteiger partial charge in [-0.05, 0) is 75.3 Å². The van der Waals surface area contributed by atoms with Crippen LogP contribution in [0, 0.1) is 12.7 Å². The molecule has 7 rings (SSSR count). The van der Waals surface area contributed by atoms with Crippen LogP contribution in [-0.4, -0.2) is 35.9 Å². The average Bonchev–Trinajstić information content (AvgIpc) is 3.25. The molecule has 1 amide bonds. The first kappa shape index (κ1) is 25.0. The van der Waals surface area contributed by atoms with E-state index in [2.05, 4.69) is 36.4 Å². The fourth-order valence-corrected chi connectivity index (χ4v) is 6.53. The lowest BCUT2D eigenvalue weighted by molar-refractivity contribution is -0.119. The van der Waals surface area contributed by atoms with Crippen LogP contribution in [0.5, 0.6) is 11.8 Å². The molecule has 0 unspecified atom stereocenters. The van der Waals surface area contributed by atoms with Gasteiger partial charge in [-0.25, -0.2) is 24.3 Å². The van der Waals surface area contributed by atoms with Crippen LogP contribution in [0.25, 0.3) is 22.2 Å². The van der Waals surface area contributed by atoms with Gasteiger partial charge in [0.2, 0.25) is 5.91 Å². The van der Waals surface area contributed by atoms with Crippen molar-refractivity contribution in [3.8, 4) is 22.9 Å². The van der Waals surface area contributed by atoms with Crippen LogP contribution < -0.4 is 15.8 Å². The van der Waals surface area contributed by atoms with E-state index < -0.39 is 5.82 Å². The van der Waals surface area contributed by atoms with Gasteiger partial charge >= 0.3 is 6.01 Å². The van der Waals surface area contributed by atoms with Gasteiger partial charge in [0.1, 0.15) is 17.8 Å². The molecule has 0 atom stereocenters.